The van der Waals surface area contributed by atoms with Crippen molar-refractivity contribution in [1.82, 2.24) is 5.32 Å². The van der Waals surface area contributed by atoms with Crippen LogP contribution in [0, 0.1) is 5.41 Å². The number of nitrogens with two attached hydrogens (primary N) is 1. The molecule has 0 aromatic heterocycles. The Kier molecular flexibility index (Phi) is 8.89. The molecule has 0 radical (unpaired) electrons. The molecule has 0 heterocycles. The molecule has 1 saturated carbocycles. The van der Waals surface area contributed by atoms with Gasteiger partial charge in [0, 0.05) is 24.2 Å². The normalized spacial score (nSPS) is 18.2. The van der Waals surface area contributed by atoms with Crippen molar-refractivity contribution in [3.8, 4) is 0 Å². The summed E-state index contributed by atoms with van der Waals surface area (Å²) in [4.78, 5) is 12.7. The summed E-state index contributed by atoms with van der Waals surface area (Å²) in [5, 5.41) is 3.11. The standard InChI is InChI=1S/C19H29BrN2O2.ClH/c1-3-24-13-12-19(10-4-5-11-19)14-22-17(23)18(2,21)15-6-8-16(20)9-7-15;/h6-9H,3-5,10-14,21H2,1-2H3,(H,22,23);1H. The van der Waals surface area contributed by atoms with Crippen LogP contribution in [0.5, 0.6) is 0 Å². The summed E-state index contributed by atoms with van der Waals surface area (Å²) >= 11 is 3.41. The quantitative estimate of drug-likeness (QED) is 0.605. The number of amides is 1. The van der Waals surface area contributed by atoms with Crippen LogP contribution in [0.4, 0.5) is 0 Å². The molecule has 1 aromatic carbocycles. The zero-order valence-corrected chi connectivity index (χ0v) is 17.5. The van der Waals surface area contributed by atoms with Gasteiger partial charge in [-0.2, -0.15) is 0 Å². The highest BCUT2D eigenvalue weighted by molar-refractivity contribution is 9.10. The molecule has 6 heteroatoms. The van der Waals surface area contributed by atoms with Crippen molar-refractivity contribution >= 4 is 34.2 Å². The Hall–Kier alpha value is -0.620. The Labute approximate surface area is 165 Å². The Morgan fingerprint density at radius 2 is 1.92 bits per heavy atom. The first kappa shape index (κ1) is 22.4. The van der Waals surface area contributed by atoms with E-state index in [1.807, 2.05) is 31.2 Å². The van der Waals surface area contributed by atoms with Crippen LogP contribution in [0.25, 0.3) is 0 Å². The maximum absolute atomic E-state index is 12.7. The van der Waals surface area contributed by atoms with Gasteiger partial charge in [0.1, 0.15) is 5.54 Å². The molecule has 1 atom stereocenters. The van der Waals surface area contributed by atoms with Crippen LogP contribution >= 0.6 is 28.3 Å². The number of benzene rings is 1. The Morgan fingerprint density at radius 3 is 2.48 bits per heavy atom. The average Bonchev–Trinajstić information content (AvgIpc) is 3.02. The number of ether oxygens (including phenoxy) is 1. The fourth-order valence-corrected chi connectivity index (χ4v) is 3.72. The lowest BCUT2D eigenvalue weighted by Crippen LogP contribution is -2.51. The lowest BCUT2D eigenvalue weighted by molar-refractivity contribution is -0.126. The molecule has 2 rings (SSSR count). The fraction of sp³-hybridized carbons (Fsp3) is 0.632. The second kappa shape index (κ2) is 9.91. The Morgan fingerprint density at radius 1 is 1.32 bits per heavy atom. The number of rotatable bonds is 8. The highest BCUT2D eigenvalue weighted by Crippen LogP contribution is 2.40. The summed E-state index contributed by atoms with van der Waals surface area (Å²) in [5.74, 6) is -0.118. The zero-order valence-electron chi connectivity index (χ0n) is 15.1. The van der Waals surface area contributed by atoms with E-state index >= 15 is 0 Å². The van der Waals surface area contributed by atoms with Gasteiger partial charge in [-0.3, -0.25) is 4.79 Å². The Bertz CT molecular complexity index is 543. The van der Waals surface area contributed by atoms with Crippen molar-refractivity contribution in [3.05, 3.63) is 34.3 Å². The van der Waals surface area contributed by atoms with Crippen LogP contribution in [-0.4, -0.2) is 25.7 Å². The van der Waals surface area contributed by atoms with E-state index in [1.165, 1.54) is 12.8 Å². The minimum Gasteiger partial charge on any atom is -0.382 e. The topological polar surface area (TPSA) is 64.3 Å². The van der Waals surface area contributed by atoms with E-state index in [1.54, 1.807) is 6.92 Å². The zero-order chi connectivity index (χ0) is 17.6. The maximum atomic E-state index is 12.7. The van der Waals surface area contributed by atoms with Gasteiger partial charge in [-0.15, -0.1) is 12.4 Å². The third kappa shape index (κ3) is 5.95. The summed E-state index contributed by atoms with van der Waals surface area (Å²) in [6.07, 6.45) is 5.77. The van der Waals surface area contributed by atoms with E-state index in [0.29, 0.717) is 6.54 Å². The smallest absolute Gasteiger partial charge is 0.244 e. The van der Waals surface area contributed by atoms with Crippen molar-refractivity contribution in [2.24, 2.45) is 11.1 Å². The van der Waals surface area contributed by atoms with Crippen molar-refractivity contribution < 1.29 is 9.53 Å². The van der Waals surface area contributed by atoms with Gasteiger partial charge in [0.05, 0.1) is 0 Å². The lowest BCUT2D eigenvalue weighted by Gasteiger charge is -2.32. The van der Waals surface area contributed by atoms with Crippen LogP contribution in [-0.2, 0) is 15.1 Å². The minimum absolute atomic E-state index is 0. The number of nitrogens with one attached hydrogen (secondary N) is 1. The van der Waals surface area contributed by atoms with E-state index in [0.717, 1.165) is 42.5 Å². The SMILES string of the molecule is CCOCCC1(CNC(=O)C(C)(N)c2ccc(Br)cc2)CCCC1.Cl. The molecule has 1 fully saturated rings. The summed E-state index contributed by atoms with van der Waals surface area (Å²) in [7, 11) is 0. The van der Waals surface area contributed by atoms with Crippen LogP contribution in [0.3, 0.4) is 0 Å². The van der Waals surface area contributed by atoms with Crippen LogP contribution in [0.15, 0.2) is 28.7 Å². The number of carbonyl (C=O) groups excluding carboxylic acids is 1. The summed E-state index contributed by atoms with van der Waals surface area (Å²) < 4.78 is 6.51. The molecule has 1 aromatic rings. The molecule has 0 spiro atoms. The van der Waals surface area contributed by atoms with Crippen molar-refractivity contribution in [2.75, 3.05) is 19.8 Å². The largest absolute Gasteiger partial charge is 0.382 e. The van der Waals surface area contributed by atoms with Gasteiger partial charge in [-0.05, 0) is 56.2 Å². The first-order chi connectivity index (χ1) is 11.4. The molecule has 25 heavy (non-hydrogen) atoms. The second-order valence-corrected chi connectivity index (χ2v) is 7.96. The molecule has 4 nitrogen and oxygen atoms in total. The van der Waals surface area contributed by atoms with Crippen molar-refractivity contribution in [3.63, 3.8) is 0 Å². The third-order valence-electron chi connectivity index (χ3n) is 5.18. The highest BCUT2D eigenvalue weighted by atomic mass is 79.9. The van der Waals surface area contributed by atoms with Crippen LogP contribution < -0.4 is 11.1 Å². The van der Waals surface area contributed by atoms with Crippen LogP contribution in [0.2, 0.25) is 0 Å². The molecular formula is C19H30BrClN2O2. The van der Waals surface area contributed by atoms with E-state index in [9.17, 15) is 4.79 Å². The van der Waals surface area contributed by atoms with Crippen molar-refractivity contribution in [1.29, 1.82) is 0 Å². The van der Waals surface area contributed by atoms with Gasteiger partial charge in [-0.25, -0.2) is 0 Å². The van der Waals surface area contributed by atoms with Gasteiger partial charge < -0.3 is 15.8 Å². The number of carbonyl (C=O) groups is 1. The van der Waals surface area contributed by atoms with Gasteiger partial charge in [0.15, 0.2) is 0 Å². The van der Waals surface area contributed by atoms with Gasteiger partial charge in [0.2, 0.25) is 5.91 Å². The molecule has 1 unspecified atom stereocenters. The van der Waals surface area contributed by atoms with Crippen LogP contribution in [0.1, 0.15) is 51.5 Å². The molecule has 142 valence electrons. The summed E-state index contributed by atoms with van der Waals surface area (Å²) in [5.41, 5.74) is 6.29. The molecule has 1 aliphatic rings. The second-order valence-electron chi connectivity index (χ2n) is 7.05. The molecule has 1 amide bonds. The van der Waals surface area contributed by atoms with Gasteiger partial charge >= 0.3 is 0 Å². The summed E-state index contributed by atoms with van der Waals surface area (Å²) in [6, 6.07) is 7.61. The predicted octanol–water partition coefficient (Wildman–Crippen LogP) is 4.15. The van der Waals surface area contributed by atoms with E-state index < -0.39 is 5.54 Å². The fourth-order valence-electron chi connectivity index (χ4n) is 3.45. The third-order valence-corrected chi connectivity index (χ3v) is 5.71. The first-order valence-corrected chi connectivity index (χ1v) is 9.60. The maximum Gasteiger partial charge on any atom is 0.244 e. The summed E-state index contributed by atoms with van der Waals surface area (Å²) in [6.45, 7) is 5.97. The molecule has 0 bridgehead atoms. The van der Waals surface area contributed by atoms with Gasteiger partial charge in [-0.1, -0.05) is 40.9 Å². The molecule has 0 saturated heterocycles. The van der Waals surface area contributed by atoms with Gasteiger partial charge in [0.25, 0.3) is 0 Å². The number of hydrogen-bond acceptors (Lipinski definition) is 3. The first-order valence-electron chi connectivity index (χ1n) is 8.81. The molecule has 1 aliphatic carbocycles. The van der Waals surface area contributed by atoms with E-state index in [-0.39, 0.29) is 23.7 Å². The lowest BCUT2D eigenvalue weighted by atomic mass is 9.82. The molecule has 0 aliphatic heterocycles. The number of halogens is 2. The molecular weight excluding hydrogens is 404 g/mol. The van der Waals surface area contributed by atoms with E-state index in [2.05, 4.69) is 21.2 Å². The number of hydrogen-bond donors (Lipinski definition) is 2. The molecule has 3 N–H and O–H groups in total. The highest BCUT2D eigenvalue weighted by Gasteiger charge is 2.36. The monoisotopic (exact) mass is 432 g/mol. The van der Waals surface area contributed by atoms with E-state index in [4.69, 9.17) is 10.5 Å². The minimum atomic E-state index is -1.03. The average molecular weight is 434 g/mol. The predicted molar refractivity (Wildman–Crippen MR) is 108 cm³/mol. The Balaban J connectivity index is 0.00000312. The van der Waals surface area contributed by atoms with Crippen molar-refractivity contribution in [2.45, 2.75) is 51.5 Å².